The molecule has 0 saturated heterocycles. The molecule has 2 aromatic carbocycles. The van der Waals surface area contributed by atoms with E-state index in [0.717, 1.165) is 40.8 Å². The molecule has 3 aromatic rings. The highest BCUT2D eigenvalue weighted by molar-refractivity contribution is 6.06. The zero-order valence-corrected chi connectivity index (χ0v) is 16.3. The molecular formula is C24H24N2O2. The SMILES string of the molecule is Cc1ccc(C)c(Cn2cccc(C(=O)N3CCCc4ccccc43)c2=O)c1. The molecule has 0 N–H and O–H groups in total. The van der Waals surface area contributed by atoms with Gasteiger partial charge < -0.3 is 9.47 Å². The van der Waals surface area contributed by atoms with Gasteiger partial charge in [0.15, 0.2) is 0 Å². The van der Waals surface area contributed by atoms with Crippen LogP contribution >= 0.6 is 0 Å². The summed E-state index contributed by atoms with van der Waals surface area (Å²) >= 11 is 0. The number of fused-ring (bicyclic) bond motifs is 1. The number of rotatable bonds is 3. The lowest BCUT2D eigenvalue weighted by molar-refractivity contribution is 0.0983. The van der Waals surface area contributed by atoms with Crippen molar-refractivity contribution >= 4 is 11.6 Å². The molecule has 4 heteroatoms. The Morgan fingerprint density at radius 3 is 2.71 bits per heavy atom. The van der Waals surface area contributed by atoms with Crippen molar-refractivity contribution in [3.63, 3.8) is 0 Å². The molecule has 1 amide bonds. The quantitative estimate of drug-likeness (QED) is 0.694. The highest BCUT2D eigenvalue weighted by Crippen LogP contribution is 2.27. The van der Waals surface area contributed by atoms with Crippen molar-refractivity contribution in [2.45, 2.75) is 33.2 Å². The molecule has 4 nitrogen and oxygen atoms in total. The predicted molar refractivity (Wildman–Crippen MR) is 112 cm³/mol. The first-order chi connectivity index (χ1) is 13.5. The van der Waals surface area contributed by atoms with Gasteiger partial charge in [-0.3, -0.25) is 9.59 Å². The summed E-state index contributed by atoms with van der Waals surface area (Å²) < 4.78 is 1.63. The Morgan fingerprint density at radius 2 is 1.86 bits per heavy atom. The molecule has 142 valence electrons. The van der Waals surface area contributed by atoms with Crippen molar-refractivity contribution < 1.29 is 4.79 Å². The van der Waals surface area contributed by atoms with Crippen LogP contribution in [0.2, 0.25) is 0 Å². The number of pyridine rings is 1. The van der Waals surface area contributed by atoms with Crippen LogP contribution in [0.3, 0.4) is 0 Å². The zero-order chi connectivity index (χ0) is 19.7. The van der Waals surface area contributed by atoms with E-state index in [0.29, 0.717) is 13.1 Å². The second-order valence-corrected chi connectivity index (χ2v) is 7.47. The van der Waals surface area contributed by atoms with Crippen LogP contribution in [0.25, 0.3) is 0 Å². The predicted octanol–water partition coefficient (Wildman–Crippen LogP) is 4.11. The number of para-hydroxylation sites is 1. The minimum absolute atomic E-state index is 0.215. The average Bonchev–Trinajstić information content (AvgIpc) is 2.71. The lowest BCUT2D eigenvalue weighted by atomic mass is 10.0. The third kappa shape index (κ3) is 3.38. The molecule has 2 heterocycles. The van der Waals surface area contributed by atoms with E-state index in [-0.39, 0.29) is 17.0 Å². The number of carbonyl (C=O) groups is 1. The Bertz CT molecular complexity index is 1100. The van der Waals surface area contributed by atoms with E-state index < -0.39 is 0 Å². The topological polar surface area (TPSA) is 42.3 Å². The van der Waals surface area contributed by atoms with Crippen LogP contribution in [-0.2, 0) is 13.0 Å². The second kappa shape index (κ2) is 7.47. The Labute approximate surface area is 165 Å². The highest BCUT2D eigenvalue weighted by atomic mass is 16.2. The summed E-state index contributed by atoms with van der Waals surface area (Å²) in [6.07, 6.45) is 3.63. The fraction of sp³-hybridized carbons (Fsp3) is 0.250. The molecule has 0 radical (unpaired) electrons. The number of aromatic nitrogens is 1. The van der Waals surface area contributed by atoms with Gasteiger partial charge in [0.2, 0.25) is 0 Å². The minimum atomic E-state index is -0.239. The Kier molecular flexibility index (Phi) is 4.86. The zero-order valence-electron chi connectivity index (χ0n) is 16.3. The number of carbonyl (C=O) groups excluding carboxylic acids is 1. The van der Waals surface area contributed by atoms with Crippen molar-refractivity contribution in [2.24, 2.45) is 0 Å². The van der Waals surface area contributed by atoms with Crippen LogP contribution < -0.4 is 10.5 Å². The van der Waals surface area contributed by atoms with Gasteiger partial charge in [-0.1, -0.05) is 42.0 Å². The van der Waals surface area contributed by atoms with Crippen LogP contribution in [0.5, 0.6) is 0 Å². The molecule has 1 aromatic heterocycles. The summed E-state index contributed by atoms with van der Waals surface area (Å²) in [5.74, 6) is -0.215. The monoisotopic (exact) mass is 372 g/mol. The standard InChI is InChI=1S/C24H24N2O2/c1-17-11-12-18(2)20(15-17)16-25-13-6-9-21(23(25)27)24(28)26-14-5-8-19-7-3-4-10-22(19)26/h3-4,6-7,9-13,15H,5,8,14,16H2,1-2H3. The van der Waals surface area contributed by atoms with Gasteiger partial charge in [0.1, 0.15) is 5.56 Å². The van der Waals surface area contributed by atoms with Crippen molar-refractivity contribution in [2.75, 3.05) is 11.4 Å². The van der Waals surface area contributed by atoms with Gasteiger partial charge in [-0.15, -0.1) is 0 Å². The Hall–Kier alpha value is -3.14. The summed E-state index contributed by atoms with van der Waals surface area (Å²) in [6, 6.07) is 17.6. The molecule has 0 aliphatic carbocycles. The van der Waals surface area contributed by atoms with Crippen LogP contribution in [0.1, 0.15) is 39.0 Å². The van der Waals surface area contributed by atoms with E-state index in [1.807, 2.05) is 32.0 Å². The Balaban J connectivity index is 1.69. The summed E-state index contributed by atoms with van der Waals surface area (Å²) in [6.45, 7) is 5.18. The molecule has 0 bridgehead atoms. The van der Waals surface area contributed by atoms with Crippen molar-refractivity contribution in [1.82, 2.24) is 4.57 Å². The van der Waals surface area contributed by atoms with Crippen molar-refractivity contribution in [1.29, 1.82) is 0 Å². The van der Waals surface area contributed by atoms with Gasteiger partial charge in [0.25, 0.3) is 11.5 Å². The van der Waals surface area contributed by atoms with Crippen molar-refractivity contribution in [3.05, 3.63) is 99.0 Å². The van der Waals surface area contributed by atoms with E-state index in [1.54, 1.807) is 27.8 Å². The van der Waals surface area contributed by atoms with E-state index in [1.165, 1.54) is 0 Å². The number of aryl methyl sites for hydroxylation is 3. The molecule has 0 spiro atoms. The lowest BCUT2D eigenvalue weighted by Crippen LogP contribution is -2.39. The van der Waals surface area contributed by atoms with Crippen LogP contribution in [-0.4, -0.2) is 17.0 Å². The second-order valence-electron chi connectivity index (χ2n) is 7.47. The van der Waals surface area contributed by atoms with Crippen LogP contribution in [0.15, 0.2) is 65.6 Å². The maximum atomic E-state index is 13.2. The van der Waals surface area contributed by atoms with Crippen molar-refractivity contribution in [3.8, 4) is 0 Å². The molecule has 0 saturated carbocycles. The van der Waals surface area contributed by atoms with E-state index in [2.05, 4.69) is 24.3 Å². The fourth-order valence-electron chi connectivity index (χ4n) is 3.87. The lowest BCUT2D eigenvalue weighted by Gasteiger charge is -2.29. The molecule has 4 rings (SSSR count). The molecular weight excluding hydrogens is 348 g/mol. The fourth-order valence-corrected chi connectivity index (χ4v) is 3.87. The van der Waals surface area contributed by atoms with Gasteiger partial charge in [-0.2, -0.15) is 0 Å². The maximum Gasteiger partial charge on any atom is 0.263 e. The first-order valence-electron chi connectivity index (χ1n) is 9.70. The first-order valence-corrected chi connectivity index (χ1v) is 9.70. The smallest absolute Gasteiger partial charge is 0.263 e. The third-order valence-electron chi connectivity index (χ3n) is 5.45. The number of amides is 1. The molecule has 1 aliphatic rings. The maximum absolute atomic E-state index is 13.2. The van der Waals surface area contributed by atoms with Gasteiger partial charge in [0.05, 0.1) is 6.54 Å². The third-order valence-corrected chi connectivity index (χ3v) is 5.45. The normalized spacial score (nSPS) is 13.3. The molecule has 0 atom stereocenters. The van der Waals surface area contributed by atoms with Gasteiger partial charge >= 0.3 is 0 Å². The van der Waals surface area contributed by atoms with E-state index >= 15 is 0 Å². The summed E-state index contributed by atoms with van der Waals surface area (Å²) in [4.78, 5) is 28.1. The van der Waals surface area contributed by atoms with Gasteiger partial charge in [0, 0.05) is 18.4 Å². The number of hydrogen-bond acceptors (Lipinski definition) is 2. The van der Waals surface area contributed by atoms with E-state index in [4.69, 9.17) is 0 Å². The first kappa shape index (κ1) is 18.2. The van der Waals surface area contributed by atoms with Crippen LogP contribution in [0, 0.1) is 13.8 Å². The number of hydrogen-bond donors (Lipinski definition) is 0. The van der Waals surface area contributed by atoms with Gasteiger partial charge in [-0.05, 0) is 61.6 Å². The highest BCUT2D eigenvalue weighted by Gasteiger charge is 2.25. The molecule has 0 unspecified atom stereocenters. The Morgan fingerprint density at radius 1 is 1.04 bits per heavy atom. The molecule has 28 heavy (non-hydrogen) atoms. The molecule has 1 aliphatic heterocycles. The largest absolute Gasteiger partial charge is 0.310 e. The number of nitrogens with zero attached hydrogens (tertiary/aromatic N) is 2. The van der Waals surface area contributed by atoms with Gasteiger partial charge in [-0.25, -0.2) is 0 Å². The average molecular weight is 372 g/mol. The summed E-state index contributed by atoms with van der Waals surface area (Å²) in [7, 11) is 0. The molecule has 0 fully saturated rings. The summed E-state index contributed by atoms with van der Waals surface area (Å²) in [5.41, 5.74) is 5.46. The van der Waals surface area contributed by atoms with E-state index in [9.17, 15) is 9.59 Å². The number of anilines is 1. The summed E-state index contributed by atoms with van der Waals surface area (Å²) in [5, 5.41) is 0. The van der Waals surface area contributed by atoms with Crippen LogP contribution in [0.4, 0.5) is 5.69 Å². The number of benzene rings is 2. The minimum Gasteiger partial charge on any atom is -0.310 e.